The van der Waals surface area contributed by atoms with Crippen LogP contribution >= 0.6 is 48.8 Å². The van der Waals surface area contributed by atoms with Crippen LogP contribution in [0.25, 0.3) is 0 Å². The van der Waals surface area contributed by atoms with Crippen molar-refractivity contribution in [1.29, 1.82) is 0 Å². The Labute approximate surface area is 95.2 Å². The second-order valence-corrected chi connectivity index (χ2v) is 4.32. The van der Waals surface area contributed by atoms with Gasteiger partial charge in [0, 0.05) is 0 Å². The number of thiol groups is 2. The predicted molar refractivity (Wildman–Crippen MR) is 61.7 cm³/mol. The molecule has 0 saturated heterocycles. The zero-order valence-corrected chi connectivity index (χ0v) is 9.68. The Hall–Kier alpha value is -0.130. The summed E-state index contributed by atoms with van der Waals surface area (Å²) < 4.78 is 1.31. The van der Waals surface area contributed by atoms with Gasteiger partial charge < -0.3 is 0 Å². The topological polar surface area (TPSA) is 102 Å². The van der Waals surface area contributed by atoms with E-state index in [4.69, 9.17) is 11.7 Å². The van der Waals surface area contributed by atoms with Crippen molar-refractivity contribution in [1.82, 2.24) is 21.0 Å². The predicted octanol–water partition coefficient (Wildman–Crippen LogP) is -0.687. The molecule has 0 saturated carbocycles. The molecule has 1 rings (SSSR count). The summed E-state index contributed by atoms with van der Waals surface area (Å²) in [6.07, 6.45) is 0. The molecular weight excluding hydrogens is 248 g/mol. The highest BCUT2D eigenvalue weighted by Crippen LogP contribution is 2.15. The molecule has 0 aliphatic heterocycles. The molecule has 0 aliphatic carbocycles. The lowest BCUT2D eigenvalue weighted by Gasteiger charge is -1.95. The number of nitrogens with zero attached hydrogens (tertiary/aromatic N) is 2. The Kier molecular flexibility index (Phi) is 7.22. The van der Waals surface area contributed by atoms with Gasteiger partial charge in [0.25, 0.3) is 0 Å². The highest BCUT2D eigenvalue weighted by molar-refractivity contribution is 7.85. The molecule has 1 heterocycles. The van der Waals surface area contributed by atoms with E-state index in [1.165, 1.54) is 11.3 Å². The molecule has 10 heteroatoms. The smallest absolute Gasteiger partial charge is 0.194 e. The van der Waals surface area contributed by atoms with Gasteiger partial charge in [0.05, 0.1) is 0 Å². The minimum Gasteiger partial charge on any atom is -0.300 e. The number of thiocarbonyl (C=S) groups is 1. The third-order valence-electron chi connectivity index (χ3n) is 0.666. The molecule has 6 N–H and O–H groups in total. The van der Waals surface area contributed by atoms with Gasteiger partial charge in [-0.1, -0.05) is 11.3 Å². The van der Waals surface area contributed by atoms with E-state index in [9.17, 15) is 0 Å². The Balaban J connectivity index is 0.000000226. The van der Waals surface area contributed by atoms with Gasteiger partial charge in [-0.3, -0.25) is 10.9 Å². The van der Waals surface area contributed by atoms with E-state index in [0.717, 1.165) is 0 Å². The maximum Gasteiger partial charge on any atom is 0.194 e. The van der Waals surface area contributed by atoms with E-state index in [0.29, 0.717) is 8.68 Å². The summed E-state index contributed by atoms with van der Waals surface area (Å²) in [6, 6.07) is 0. The van der Waals surface area contributed by atoms with Crippen molar-refractivity contribution in [3.63, 3.8) is 0 Å². The van der Waals surface area contributed by atoms with Gasteiger partial charge in [-0.25, -0.2) is 11.7 Å². The summed E-state index contributed by atoms with van der Waals surface area (Å²) in [5, 5.41) is 7.38. The molecule has 13 heavy (non-hydrogen) atoms. The lowest BCUT2D eigenvalue weighted by Crippen LogP contribution is -2.43. The number of rotatable bonds is 0. The van der Waals surface area contributed by atoms with Gasteiger partial charge in [0.15, 0.2) is 13.8 Å². The van der Waals surface area contributed by atoms with Crippen LogP contribution in [0.3, 0.4) is 0 Å². The van der Waals surface area contributed by atoms with Crippen molar-refractivity contribution in [2.75, 3.05) is 0 Å². The first-order valence-corrected chi connectivity index (χ1v) is 4.90. The molecule has 0 bridgehead atoms. The molecule has 0 aromatic carbocycles. The van der Waals surface area contributed by atoms with E-state index >= 15 is 0 Å². The second kappa shape index (κ2) is 7.29. The SMILES string of the molecule is NNC(=S)NN.Sc1nnc(S)s1. The number of aromatic nitrogens is 2. The summed E-state index contributed by atoms with van der Waals surface area (Å²) >= 11 is 13.5. The fourth-order valence-electron chi connectivity index (χ4n) is 0.250. The van der Waals surface area contributed by atoms with Crippen LogP contribution in [0.1, 0.15) is 0 Å². The number of hydrogen-bond donors (Lipinski definition) is 6. The minimum atomic E-state index is 0.231. The molecule has 0 atom stereocenters. The van der Waals surface area contributed by atoms with Crippen molar-refractivity contribution in [2.45, 2.75) is 8.68 Å². The molecule has 0 fully saturated rings. The molecule has 0 amide bonds. The fraction of sp³-hybridized carbons (Fsp3) is 0. The fourth-order valence-corrected chi connectivity index (χ4v) is 1.40. The van der Waals surface area contributed by atoms with E-state index < -0.39 is 0 Å². The van der Waals surface area contributed by atoms with Gasteiger partial charge in [-0.15, -0.1) is 35.5 Å². The first-order valence-electron chi connectivity index (χ1n) is 2.78. The summed E-state index contributed by atoms with van der Waals surface area (Å²) in [6.45, 7) is 0. The normalized spacial score (nSPS) is 8.31. The Morgan fingerprint density at radius 3 is 1.69 bits per heavy atom. The summed E-state index contributed by atoms with van der Waals surface area (Å²) in [7, 11) is 0. The van der Waals surface area contributed by atoms with Crippen molar-refractivity contribution >= 4 is 53.9 Å². The molecule has 0 unspecified atom stereocenters. The van der Waals surface area contributed by atoms with Crippen LogP contribution in [0, 0.1) is 0 Å². The van der Waals surface area contributed by atoms with Crippen LogP contribution in [0.5, 0.6) is 0 Å². The Bertz CT molecular complexity index is 238. The quantitative estimate of drug-likeness (QED) is 0.158. The van der Waals surface area contributed by atoms with Crippen LogP contribution in [0.15, 0.2) is 8.68 Å². The monoisotopic (exact) mass is 256 g/mol. The highest BCUT2D eigenvalue weighted by atomic mass is 32.2. The van der Waals surface area contributed by atoms with Crippen molar-refractivity contribution in [3.05, 3.63) is 0 Å². The highest BCUT2D eigenvalue weighted by Gasteiger charge is 1.90. The summed E-state index contributed by atoms with van der Waals surface area (Å²) in [5.41, 5.74) is 4.22. The van der Waals surface area contributed by atoms with E-state index in [-0.39, 0.29) is 5.11 Å². The van der Waals surface area contributed by atoms with Gasteiger partial charge in [-0.05, 0) is 12.2 Å². The summed E-state index contributed by atoms with van der Waals surface area (Å²) in [4.78, 5) is 0. The lowest BCUT2D eigenvalue weighted by atomic mass is 11.2. The summed E-state index contributed by atoms with van der Waals surface area (Å²) in [5.74, 6) is 9.50. The molecular formula is C3H8N6S4. The van der Waals surface area contributed by atoms with Crippen LogP contribution in [-0.2, 0) is 0 Å². The molecule has 0 aliphatic rings. The second-order valence-electron chi connectivity index (χ2n) is 1.49. The zero-order valence-electron chi connectivity index (χ0n) is 6.26. The molecule has 0 radical (unpaired) electrons. The van der Waals surface area contributed by atoms with Crippen molar-refractivity contribution < 1.29 is 0 Å². The largest absolute Gasteiger partial charge is 0.300 e. The molecule has 74 valence electrons. The number of nitrogens with two attached hydrogens (primary N) is 2. The number of nitrogens with one attached hydrogen (secondary N) is 2. The maximum atomic E-state index is 4.75. The number of hydrazine groups is 2. The standard InChI is InChI=1S/C2H2N2S3.CH6N4S/c5-1-3-4-2(6)7-1;2-4-1(6)5-3/h(H,3,5)(H,4,6);2-3H2,(H2,4,5,6). The van der Waals surface area contributed by atoms with Crippen LogP contribution in [0.4, 0.5) is 0 Å². The van der Waals surface area contributed by atoms with Crippen molar-refractivity contribution in [2.24, 2.45) is 11.7 Å². The third-order valence-corrected chi connectivity index (χ3v) is 2.16. The Morgan fingerprint density at radius 2 is 1.62 bits per heavy atom. The van der Waals surface area contributed by atoms with Gasteiger partial charge in [0.1, 0.15) is 0 Å². The van der Waals surface area contributed by atoms with Crippen LogP contribution < -0.4 is 22.5 Å². The van der Waals surface area contributed by atoms with Crippen LogP contribution in [-0.4, -0.2) is 15.3 Å². The van der Waals surface area contributed by atoms with E-state index in [1.807, 2.05) is 0 Å². The van der Waals surface area contributed by atoms with E-state index in [1.54, 1.807) is 0 Å². The average Bonchev–Trinajstić information content (AvgIpc) is 2.49. The lowest BCUT2D eigenvalue weighted by molar-refractivity contribution is 0.926. The van der Waals surface area contributed by atoms with Gasteiger partial charge in [0.2, 0.25) is 0 Å². The number of hydrogen-bond acceptors (Lipinski definition) is 8. The van der Waals surface area contributed by atoms with Crippen molar-refractivity contribution in [3.8, 4) is 0 Å². The van der Waals surface area contributed by atoms with E-state index in [2.05, 4.69) is 58.5 Å². The minimum absolute atomic E-state index is 0.231. The molecule has 1 aromatic heterocycles. The first kappa shape index (κ1) is 12.9. The first-order chi connectivity index (χ1) is 6.10. The maximum absolute atomic E-state index is 4.75. The Morgan fingerprint density at radius 1 is 1.23 bits per heavy atom. The zero-order chi connectivity index (χ0) is 10.3. The molecule has 0 spiro atoms. The average molecular weight is 256 g/mol. The van der Waals surface area contributed by atoms with Crippen LogP contribution in [0.2, 0.25) is 0 Å². The third kappa shape index (κ3) is 6.98. The molecule has 1 aromatic rings. The molecule has 6 nitrogen and oxygen atoms in total. The van der Waals surface area contributed by atoms with Gasteiger partial charge >= 0.3 is 0 Å². The van der Waals surface area contributed by atoms with Gasteiger partial charge in [-0.2, -0.15) is 0 Å².